The van der Waals surface area contributed by atoms with E-state index in [1.54, 1.807) is 41.0 Å². The predicted molar refractivity (Wildman–Crippen MR) is 149 cm³/mol. The molecule has 0 fully saturated rings. The van der Waals surface area contributed by atoms with E-state index in [1.807, 2.05) is 62.4 Å². The molecule has 0 aliphatic carbocycles. The van der Waals surface area contributed by atoms with Gasteiger partial charge in [0.2, 0.25) is 9.84 Å². The Balaban J connectivity index is 1.71. The van der Waals surface area contributed by atoms with Crippen molar-refractivity contribution < 1.29 is 17.6 Å². The molecule has 0 saturated carbocycles. The largest absolute Gasteiger partial charge is 0.459 e. The number of furan rings is 1. The van der Waals surface area contributed by atoms with Gasteiger partial charge < -0.3 is 14.3 Å². The number of sulfone groups is 1. The number of rotatable bonds is 6. The molecule has 0 aliphatic rings. The molecule has 0 aliphatic heterocycles. The molecule has 39 heavy (non-hydrogen) atoms. The predicted octanol–water partition coefficient (Wildman–Crippen LogP) is 6.18. The van der Waals surface area contributed by atoms with Crippen LogP contribution in [0.3, 0.4) is 0 Å². The minimum Gasteiger partial charge on any atom is -0.459 e. The molecule has 8 nitrogen and oxygen atoms in total. The fourth-order valence-electron chi connectivity index (χ4n) is 4.68. The van der Waals surface area contributed by atoms with Crippen LogP contribution in [0.4, 0.5) is 5.82 Å². The molecule has 1 amide bonds. The summed E-state index contributed by atoms with van der Waals surface area (Å²) in [5.41, 5.74) is 3.48. The molecule has 194 valence electrons. The van der Waals surface area contributed by atoms with Crippen LogP contribution < -0.4 is 5.32 Å². The van der Waals surface area contributed by atoms with Crippen LogP contribution in [-0.2, 0) is 9.84 Å². The second kappa shape index (κ2) is 9.52. The number of fused-ring (bicyclic) bond motifs is 2. The normalized spacial score (nSPS) is 12.6. The van der Waals surface area contributed by atoms with E-state index in [-0.39, 0.29) is 26.9 Å². The van der Waals surface area contributed by atoms with Gasteiger partial charge in [0.15, 0.2) is 11.4 Å². The average molecular weight is 537 g/mol. The standard InChI is InChI=1S/C30H24N4O4S/c1-19-14-16-22(17-15-19)39(36,37)27-26-28(32-24-12-7-6-11-23(24)31-26)34(20(2)21-9-4-3-5-10-21)29(27)33-30(35)25-13-8-18-38-25/h3-18,20H,1-2H3,(H,33,35). The summed E-state index contributed by atoms with van der Waals surface area (Å²) in [5, 5.41) is 2.83. The molecule has 6 aromatic rings. The fourth-order valence-corrected chi connectivity index (χ4v) is 6.21. The summed E-state index contributed by atoms with van der Waals surface area (Å²) in [7, 11) is -4.16. The molecular weight excluding hydrogens is 512 g/mol. The lowest BCUT2D eigenvalue weighted by molar-refractivity contribution is 0.0995. The highest BCUT2D eigenvalue weighted by Crippen LogP contribution is 2.40. The quantitative estimate of drug-likeness (QED) is 0.272. The maximum atomic E-state index is 14.3. The molecule has 3 heterocycles. The van der Waals surface area contributed by atoms with Crippen LogP contribution in [0.5, 0.6) is 0 Å². The molecule has 0 spiro atoms. The number of amides is 1. The van der Waals surface area contributed by atoms with E-state index >= 15 is 0 Å². The van der Waals surface area contributed by atoms with E-state index in [4.69, 9.17) is 14.4 Å². The number of carbonyl (C=O) groups excluding carboxylic acids is 1. The summed E-state index contributed by atoms with van der Waals surface area (Å²) in [4.78, 5) is 22.9. The maximum Gasteiger partial charge on any atom is 0.292 e. The Kier molecular flexibility index (Phi) is 6.00. The Bertz CT molecular complexity index is 1930. The lowest BCUT2D eigenvalue weighted by Crippen LogP contribution is -2.19. The summed E-state index contributed by atoms with van der Waals surface area (Å²) >= 11 is 0. The van der Waals surface area contributed by atoms with E-state index in [2.05, 4.69) is 5.32 Å². The summed E-state index contributed by atoms with van der Waals surface area (Å²) in [5.74, 6) is -0.475. The van der Waals surface area contributed by atoms with Crippen molar-refractivity contribution in [2.75, 3.05) is 5.32 Å². The maximum absolute atomic E-state index is 14.3. The monoisotopic (exact) mass is 536 g/mol. The summed E-state index contributed by atoms with van der Waals surface area (Å²) < 4.78 is 35.6. The van der Waals surface area contributed by atoms with Crippen molar-refractivity contribution in [3.05, 3.63) is 114 Å². The van der Waals surface area contributed by atoms with Gasteiger partial charge in [-0.3, -0.25) is 4.79 Å². The first-order chi connectivity index (χ1) is 18.8. The molecular formula is C30H24N4O4S. The van der Waals surface area contributed by atoms with Crippen LogP contribution in [0, 0.1) is 6.92 Å². The van der Waals surface area contributed by atoms with Crippen LogP contribution in [0.15, 0.2) is 111 Å². The molecule has 9 heteroatoms. The highest BCUT2D eigenvalue weighted by Gasteiger charge is 2.34. The van der Waals surface area contributed by atoms with Crippen LogP contribution in [0.25, 0.3) is 22.2 Å². The van der Waals surface area contributed by atoms with Crippen LogP contribution in [0.1, 0.15) is 34.6 Å². The zero-order valence-corrected chi connectivity index (χ0v) is 22.0. The Morgan fingerprint density at radius 3 is 2.21 bits per heavy atom. The van der Waals surface area contributed by atoms with Crippen molar-refractivity contribution in [1.82, 2.24) is 14.5 Å². The molecule has 3 aromatic heterocycles. The highest BCUT2D eigenvalue weighted by atomic mass is 32.2. The van der Waals surface area contributed by atoms with Crippen LogP contribution >= 0.6 is 0 Å². The third-order valence-electron chi connectivity index (χ3n) is 6.70. The second-order valence-electron chi connectivity index (χ2n) is 9.27. The molecule has 6 rings (SSSR count). The summed E-state index contributed by atoms with van der Waals surface area (Å²) in [6.07, 6.45) is 1.39. The number of carbonyl (C=O) groups is 1. The molecule has 0 radical (unpaired) electrons. The second-order valence-corrected chi connectivity index (χ2v) is 11.2. The molecule has 0 bridgehead atoms. The molecule has 0 saturated heterocycles. The fraction of sp³-hybridized carbons (Fsp3) is 0.100. The van der Waals surface area contributed by atoms with Gasteiger partial charge in [-0.05, 0) is 55.8 Å². The van der Waals surface area contributed by atoms with Crippen LogP contribution in [0.2, 0.25) is 0 Å². The van der Waals surface area contributed by atoms with Gasteiger partial charge in [-0.25, -0.2) is 18.4 Å². The Hall–Kier alpha value is -4.76. The third kappa shape index (κ3) is 4.26. The van der Waals surface area contributed by atoms with E-state index < -0.39 is 21.8 Å². The number of nitrogens with zero attached hydrogens (tertiary/aromatic N) is 3. The molecule has 1 N–H and O–H groups in total. The van der Waals surface area contributed by atoms with E-state index in [1.165, 1.54) is 12.3 Å². The highest BCUT2D eigenvalue weighted by molar-refractivity contribution is 7.92. The van der Waals surface area contributed by atoms with Crippen molar-refractivity contribution in [2.45, 2.75) is 29.7 Å². The number of hydrogen-bond acceptors (Lipinski definition) is 6. The number of anilines is 1. The SMILES string of the molecule is Cc1ccc(S(=O)(=O)c2c(NC(=O)c3ccco3)n(C(C)c3ccccc3)c3nc4ccccc4nc23)cc1. The Labute approximate surface area is 224 Å². The van der Waals surface area contributed by atoms with Gasteiger partial charge >= 0.3 is 0 Å². The van der Waals surface area contributed by atoms with Gasteiger partial charge in [-0.15, -0.1) is 0 Å². The first kappa shape index (κ1) is 24.6. The van der Waals surface area contributed by atoms with Gasteiger partial charge in [0.05, 0.1) is 28.2 Å². The van der Waals surface area contributed by atoms with E-state index in [9.17, 15) is 13.2 Å². The topological polar surface area (TPSA) is 107 Å². The van der Waals surface area contributed by atoms with E-state index in [0.29, 0.717) is 16.7 Å². The minimum atomic E-state index is -4.16. The zero-order valence-electron chi connectivity index (χ0n) is 21.2. The smallest absolute Gasteiger partial charge is 0.292 e. The third-order valence-corrected chi connectivity index (χ3v) is 8.51. The number of para-hydroxylation sites is 2. The summed E-state index contributed by atoms with van der Waals surface area (Å²) in [6, 6.07) is 26.2. The van der Waals surface area contributed by atoms with Crippen LogP contribution in [-0.4, -0.2) is 28.9 Å². The first-order valence-electron chi connectivity index (χ1n) is 12.4. The van der Waals surface area contributed by atoms with Crippen molar-refractivity contribution in [2.24, 2.45) is 0 Å². The molecule has 1 atom stereocenters. The van der Waals surface area contributed by atoms with Gasteiger partial charge in [-0.2, -0.15) is 0 Å². The number of benzene rings is 3. The number of hydrogen-bond donors (Lipinski definition) is 1. The van der Waals surface area contributed by atoms with Crippen molar-refractivity contribution in [3.63, 3.8) is 0 Å². The molecule has 1 unspecified atom stereocenters. The van der Waals surface area contributed by atoms with Gasteiger partial charge in [0.25, 0.3) is 5.91 Å². The number of nitrogens with one attached hydrogen (secondary N) is 1. The molecule has 3 aromatic carbocycles. The number of aryl methyl sites for hydroxylation is 1. The van der Waals surface area contributed by atoms with Crippen molar-refractivity contribution >= 4 is 43.8 Å². The minimum absolute atomic E-state index is 0.0453. The van der Waals surface area contributed by atoms with Crippen molar-refractivity contribution in [3.8, 4) is 0 Å². The lowest BCUT2D eigenvalue weighted by Gasteiger charge is -2.19. The Morgan fingerprint density at radius 2 is 1.54 bits per heavy atom. The van der Waals surface area contributed by atoms with Gasteiger partial charge in [-0.1, -0.05) is 60.2 Å². The average Bonchev–Trinajstić information content (AvgIpc) is 3.59. The van der Waals surface area contributed by atoms with E-state index in [0.717, 1.165) is 11.1 Å². The van der Waals surface area contributed by atoms with Crippen molar-refractivity contribution in [1.29, 1.82) is 0 Å². The zero-order chi connectivity index (χ0) is 27.1. The number of aromatic nitrogens is 3. The van der Waals surface area contributed by atoms with Gasteiger partial charge in [0, 0.05) is 0 Å². The first-order valence-corrected chi connectivity index (χ1v) is 13.8. The lowest BCUT2D eigenvalue weighted by atomic mass is 10.1. The summed E-state index contributed by atoms with van der Waals surface area (Å²) in [6.45, 7) is 3.81. The Morgan fingerprint density at radius 1 is 0.872 bits per heavy atom. The van der Waals surface area contributed by atoms with Gasteiger partial charge in [0.1, 0.15) is 16.2 Å².